The average Bonchev–Trinajstić information content (AvgIpc) is 3.86. The van der Waals surface area contributed by atoms with Gasteiger partial charge in [0, 0.05) is 44.2 Å². The third-order valence-electron chi connectivity index (χ3n) is 11.9. The van der Waals surface area contributed by atoms with Crippen molar-refractivity contribution in [2.45, 2.75) is 0 Å². The van der Waals surface area contributed by atoms with Gasteiger partial charge in [0.05, 0.1) is 16.7 Å². The van der Waals surface area contributed by atoms with E-state index in [1.807, 2.05) is 6.07 Å². The van der Waals surface area contributed by atoms with Crippen molar-refractivity contribution in [1.82, 2.24) is 4.57 Å². The Hall–Kier alpha value is -7.88. The molecule has 0 aliphatic rings. The molecular formula is C56H36N2O. The van der Waals surface area contributed by atoms with Gasteiger partial charge >= 0.3 is 0 Å². The molecule has 2 aromatic heterocycles. The molecule has 0 saturated heterocycles. The van der Waals surface area contributed by atoms with Gasteiger partial charge < -0.3 is 13.9 Å². The summed E-state index contributed by atoms with van der Waals surface area (Å²) in [6.07, 6.45) is 0. The molecule has 3 nitrogen and oxygen atoms in total. The first-order valence-corrected chi connectivity index (χ1v) is 20.2. The molecule has 276 valence electrons. The molecule has 59 heavy (non-hydrogen) atoms. The first-order valence-electron chi connectivity index (χ1n) is 20.2. The van der Waals surface area contributed by atoms with E-state index in [9.17, 15) is 0 Å². The van der Waals surface area contributed by atoms with Crippen molar-refractivity contribution in [3.8, 4) is 27.9 Å². The lowest BCUT2D eigenvalue weighted by Gasteiger charge is -2.29. The molecule has 0 radical (unpaired) electrons. The van der Waals surface area contributed by atoms with Crippen LogP contribution in [0.5, 0.6) is 0 Å². The Labute approximate surface area is 341 Å². The molecule has 2 heterocycles. The second-order valence-corrected chi connectivity index (χ2v) is 15.3. The number of fused-ring (bicyclic) bond motifs is 9. The van der Waals surface area contributed by atoms with Crippen LogP contribution in [0, 0.1) is 0 Å². The van der Waals surface area contributed by atoms with Gasteiger partial charge in [-0.25, -0.2) is 0 Å². The molecule has 0 unspecified atom stereocenters. The molecule has 10 aromatic carbocycles. The summed E-state index contributed by atoms with van der Waals surface area (Å²) in [4.78, 5) is 2.42. The van der Waals surface area contributed by atoms with Crippen molar-refractivity contribution in [2.75, 3.05) is 4.90 Å². The molecule has 0 spiro atoms. The van der Waals surface area contributed by atoms with Gasteiger partial charge in [0.15, 0.2) is 0 Å². The Morgan fingerprint density at radius 1 is 0.356 bits per heavy atom. The summed E-state index contributed by atoms with van der Waals surface area (Å²) in [7, 11) is 0. The molecule has 0 bridgehead atoms. The number of anilines is 3. The molecule has 0 saturated carbocycles. The van der Waals surface area contributed by atoms with Crippen LogP contribution in [-0.4, -0.2) is 4.57 Å². The number of aromatic nitrogens is 1. The Kier molecular flexibility index (Phi) is 7.54. The lowest BCUT2D eigenvalue weighted by Crippen LogP contribution is -2.12. The number of hydrogen-bond donors (Lipinski definition) is 0. The lowest BCUT2D eigenvalue weighted by molar-refractivity contribution is 0.669. The van der Waals surface area contributed by atoms with Crippen molar-refractivity contribution in [3.05, 3.63) is 218 Å². The molecule has 0 aliphatic heterocycles. The predicted octanol–water partition coefficient (Wildman–Crippen LogP) is 15.8. The molecule has 0 atom stereocenters. The number of para-hydroxylation sites is 4. The fourth-order valence-electron chi connectivity index (χ4n) is 9.31. The van der Waals surface area contributed by atoms with E-state index in [0.29, 0.717) is 0 Å². The summed E-state index contributed by atoms with van der Waals surface area (Å²) in [6, 6.07) is 78.8. The minimum Gasteiger partial charge on any atom is -0.456 e. The van der Waals surface area contributed by atoms with E-state index in [1.54, 1.807) is 0 Å². The Morgan fingerprint density at radius 3 is 1.80 bits per heavy atom. The van der Waals surface area contributed by atoms with E-state index in [2.05, 4.69) is 222 Å². The fraction of sp³-hybridized carbons (Fsp3) is 0. The maximum atomic E-state index is 6.41. The maximum absolute atomic E-state index is 6.41. The van der Waals surface area contributed by atoms with Gasteiger partial charge in [-0.1, -0.05) is 152 Å². The minimum absolute atomic E-state index is 0.879. The van der Waals surface area contributed by atoms with Crippen LogP contribution in [-0.2, 0) is 0 Å². The summed E-state index contributed by atoms with van der Waals surface area (Å²) >= 11 is 0. The van der Waals surface area contributed by atoms with E-state index in [0.717, 1.165) is 61.4 Å². The number of hydrogen-bond acceptors (Lipinski definition) is 2. The number of nitrogens with zero attached hydrogens (tertiary/aromatic N) is 2. The summed E-state index contributed by atoms with van der Waals surface area (Å²) in [5.74, 6) is 0. The monoisotopic (exact) mass is 752 g/mol. The van der Waals surface area contributed by atoms with Gasteiger partial charge in [0.25, 0.3) is 0 Å². The first-order chi connectivity index (χ1) is 29.3. The molecular weight excluding hydrogens is 717 g/mol. The normalized spacial score (nSPS) is 11.7. The van der Waals surface area contributed by atoms with Gasteiger partial charge in [-0.15, -0.1) is 0 Å². The Balaban J connectivity index is 1.08. The van der Waals surface area contributed by atoms with Gasteiger partial charge in [0.2, 0.25) is 0 Å². The molecule has 0 aliphatic carbocycles. The second-order valence-electron chi connectivity index (χ2n) is 15.3. The van der Waals surface area contributed by atoms with Crippen molar-refractivity contribution in [1.29, 1.82) is 0 Å². The van der Waals surface area contributed by atoms with Gasteiger partial charge in [-0.3, -0.25) is 0 Å². The highest BCUT2D eigenvalue weighted by Crippen LogP contribution is 2.46. The molecule has 12 aromatic rings. The Bertz CT molecular complexity index is 3540. The van der Waals surface area contributed by atoms with Crippen LogP contribution in [0.1, 0.15) is 0 Å². The molecule has 0 amide bonds. The van der Waals surface area contributed by atoms with Crippen molar-refractivity contribution in [3.63, 3.8) is 0 Å². The van der Waals surface area contributed by atoms with Crippen molar-refractivity contribution < 1.29 is 4.42 Å². The lowest BCUT2D eigenvalue weighted by atomic mass is 9.96. The highest BCUT2D eigenvalue weighted by Gasteiger charge is 2.22. The van der Waals surface area contributed by atoms with E-state index < -0.39 is 0 Å². The molecule has 0 N–H and O–H groups in total. The van der Waals surface area contributed by atoms with Crippen LogP contribution in [0.3, 0.4) is 0 Å². The highest BCUT2D eigenvalue weighted by atomic mass is 16.3. The summed E-state index contributed by atoms with van der Waals surface area (Å²) in [5, 5.41) is 9.74. The number of benzene rings is 10. The van der Waals surface area contributed by atoms with Gasteiger partial charge in [-0.2, -0.15) is 0 Å². The van der Waals surface area contributed by atoms with Crippen molar-refractivity contribution in [2.24, 2.45) is 0 Å². The SMILES string of the molecule is c1cc(-c2ccc3c(ccc4ccccc43)c2)cc(N(c2cccc(-n3c4ccccc4c4ccccc43)c2)c2ccccc2-c2cccc3oc4ccccc4c23)c1. The van der Waals surface area contributed by atoms with Gasteiger partial charge in [-0.05, 0) is 105 Å². The standard InChI is InChI=1S/C56H36N2O/c1-2-19-44-37(14-1)30-31-40-34-39(32-33-45(40)44)38-15-11-16-41(35-38)57(42-17-12-18-43(36-42)58-52-26-8-3-20-46(52)47-21-4-9-27-53(47)58)51-25-7-5-22-48(51)49-24-13-29-55-56(49)50-23-6-10-28-54(50)59-55/h1-36H. The van der Waals surface area contributed by atoms with Gasteiger partial charge in [0.1, 0.15) is 11.2 Å². The smallest absolute Gasteiger partial charge is 0.136 e. The van der Waals surface area contributed by atoms with Crippen LogP contribution in [0.25, 0.3) is 93.2 Å². The number of furan rings is 1. The molecule has 0 fully saturated rings. The maximum Gasteiger partial charge on any atom is 0.136 e. The third-order valence-corrected chi connectivity index (χ3v) is 11.9. The molecule has 12 rings (SSSR count). The zero-order chi connectivity index (χ0) is 38.9. The van der Waals surface area contributed by atoms with Crippen LogP contribution < -0.4 is 4.90 Å². The Morgan fingerprint density at radius 2 is 0.949 bits per heavy atom. The van der Waals surface area contributed by atoms with Crippen LogP contribution in [0.15, 0.2) is 223 Å². The first kappa shape index (κ1) is 33.3. The second kappa shape index (κ2) is 13.4. The van der Waals surface area contributed by atoms with Crippen LogP contribution in [0.2, 0.25) is 0 Å². The van der Waals surface area contributed by atoms with E-state index >= 15 is 0 Å². The third kappa shape index (κ3) is 5.36. The quantitative estimate of drug-likeness (QED) is 0.158. The van der Waals surface area contributed by atoms with E-state index in [1.165, 1.54) is 48.9 Å². The predicted molar refractivity (Wildman–Crippen MR) is 249 cm³/mol. The summed E-state index contributed by atoms with van der Waals surface area (Å²) in [5.41, 5.74) is 13.0. The average molecular weight is 753 g/mol. The van der Waals surface area contributed by atoms with E-state index in [4.69, 9.17) is 4.42 Å². The molecule has 3 heteroatoms. The summed E-state index contributed by atoms with van der Waals surface area (Å²) in [6.45, 7) is 0. The van der Waals surface area contributed by atoms with Crippen molar-refractivity contribution >= 4 is 82.4 Å². The zero-order valence-corrected chi connectivity index (χ0v) is 32.1. The fourth-order valence-corrected chi connectivity index (χ4v) is 9.31. The topological polar surface area (TPSA) is 21.3 Å². The zero-order valence-electron chi connectivity index (χ0n) is 32.1. The summed E-state index contributed by atoms with van der Waals surface area (Å²) < 4.78 is 8.81. The largest absolute Gasteiger partial charge is 0.456 e. The number of rotatable bonds is 6. The minimum atomic E-state index is 0.879. The highest BCUT2D eigenvalue weighted by molar-refractivity contribution is 6.14. The van der Waals surface area contributed by atoms with E-state index in [-0.39, 0.29) is 0 Å². The van der Waals surface area contributed by atoms with Crippen LogP contribution in [0.4, 0.5) is 17.1 Å². The van der Waals surface area contributed by atoms with Crippen LogP contribution >= 0.6 is 0 Å².